The summed E-state index contributed by atoms with van der Waals surface area (Å²) in [4.78, 5) is 42.2. The summed E-state index contributed by atoms with van der Waals surface area (Å²) in [6, 6.07) is 51.4. The second-order valence-electron chi connectivity index (χ2n) is 26.6. The van der Waals surface area contributed by atoms with Crippen LogP contribution in [-0.4, -0.2) is 149 Å². The molecule has 0 bridgehead atoms. The molecule has 0 spiro atoms. The number of hydrogen-bond acceptors (Lipinski definition) is 19. The summed E-state index contributed by atoms with van der Waals surface area (Å²) >= 11 is 3.27. The van der Waals surface area contributed by atoms with Gasteiger partial charge in [-0.1, -0.05) is 137 Å². The van der Waals surface area contributed by atoms with Crippen molar-refractivity contribution in [3.8, 4) is 85.1 Å². The summed E-state index contributed by atoms with van der Waals surface area (Å²) < 4.78 is 62.9. The molecule has 110 heavy (non-hydrogen) atoms. The number of hydrogen-bond donors (Lipinski definition) is 6. The largest absolute Gasteiger partial charge is 0.496 e. The number of carbonyl (C=O) groups excluding carboxylic acids is 2. The lowest BCUT2D eigenvalue weighted by Gasteiger charge is -2.30. The molecule has 2 atom stereocenters. The number of rotatable bonds is 21. The van der Waals surface area contributed by atoms with Crippen molar-refractivity contribution in [1.29, 1.82) is 0 Å². The SMILES string of the molecule is COc1cc(/C=C/c2cccc(-c3ccc4c(c3)OCCO4)c2C)ccc1C=O.COc1cc(/C=C/c2cccc(-c3ccc4c(c3)OCCO4)c2C)ccc1CN[C@@H](CO)C(=O)O.COc1cc(Br)ccc1C=O.Cc1c(/C=C/C2OC(C)(C)C(C)(C)O2)cccc1-c1ccc2c(c1)OCCO2.N[C@@H](CO)C(=O)O. The first-order chi connectivity index (χ1) is 52.9. The van der Waals surface area contributed by atoms with Gasteiger partial charge in [-0.15, -0.1) is 0 Å². The summed E-state index contributed by atoms with van der Waals surface area (Å²) in [7, 11) is 4.68. The highest BCUT2D eigenvalue weighted by atomic mass is 79.9. The van der Waals surface area contributed by atoms with E-state index in [2.05, 4.69) is 155 Å². The molecule has 1 fully saturated rings. The van der Waals surface area contributed by atoms with Crippen molar-refractivity contribution in [3.05, 3.63) is 236 Å². The Kier molecular flexibility index (Phi) is 29.7. The van der Waals surface area contributed by atoms with Crippen LogP contribution >= 0.6 is 15.9 Å². The monoisotopic (exact) mass is 1560 g/mol. The molecule has 0 aromatic heterocycles. The molecule has 1 saturated heterocycles. The second-order valence-corrected chi connectivity index (χ2v) is 27.5. The fraction of sp³-hybridized carbons (Fsp3) is 0.273. The lowest BCUT2D eigenvalue weighted by molar-refractivity contribution is -0.141. The molecule has 4 aliphatic heterocycles. The molecule has 13 rings (SSSR count). The van der Waals surface area contributed by atoms with E-state index in [1.165, 1.54) is 23.8 Å². The average Bonchev–Trinajstić information content (AvgIpc) is 1.60. The van der Waals surface area contributed by atoms with Gasteiger partial charge in [0.1, 0.15) is 69.0 Å². The number of fused-ring (bicyclic) bond motifs is 3. The van der Waals surface area contributed by atoms with Gasteiger partial charge in [-0.2, -0.15) is 0 Å². The van der Waals surface area contributed by atoms with E-state index in [-0.39, 0.29) is 24.0 Å². The maximum atomic E-state index is 11.1. The zero-order chi connectivity index (χ0) is 79.1. The average molecular weight is 1560 g/mol. The van der Waals surface area contributed by atoms with Crippen molar-refractivity contribution in [2.75, 3.05) is 74.2 Å². The van der Waals surface area contributed by atoms with E-state index < -0.39 is 37.2 Å². The fourth-order valence-electron chi connectivity index (χ4n) is 11.9. The highest BCUT2D eigenvalue weighted by Gasteiger charge is 2.48. The number of nitrogens with one attached hydrogen (secondary N) is 1. The van der Waals surface area contributed by atoms with Gasteiger partial charge in [-0.25, -0.2) is 0 Å². The third-order valence-electron chi connectivity index (χ3n) is 18.9. The Morgan fingerprint density at radius 2 is 0.873 bits per heavy atom. The van der Waals surface area contributed by atoms with Crippen molar-refractivity contribution in [2.24, 2.45) is 5.73 Å². The van der Waals surface area contributed by atoms with Gasteiger partial charge in [-0.05, 0) is 205 Å². The van der Waals surface area contributed by atoms with Crippen molar-refractivity contribution < 1.29 is 91.7 Å². The van der Waals surface area contributed by atoms with Crippen molar-refractivity contribution >= 4 is 70.8 Å². The first-order valence-corrected chi connectivity index (χ1v) is 36.4. The normalized spacial score (nSPS) is 14.7. The number of ether oxygens (including phenoxy) is 11. The van der Waals surface area contributed by atoms with Crippen LogP contribution in [0.5, 0.6) is 51.7 Å². The molecule has 21 nitrogen and oxygen atoms in total. The number of methoxy groups -OCH3 is 3. The highest BCUT2D eigenvalue weighted by Crippen LogP contribution is 2.42. The third-order valence-corrected chi connectivity index (χ3v) is 19.3. The van der Waals surface area contributed by atoms with Gasteiger partial charge >= 0.3 is 11.9 Å². The quantitative estimate of drug-likeness (QED) is 0.0288. The van der Waals surface area contributed by atoms with Crippen LogP contribution < -0.4 is 53.7 Å². The topological polar surface area (TPSA) is 289 Å². The van der Waals surface area contributed by atoms with E-state index in [1.807, 2.05) is 91.0 Å². The van der Waals surface area contributed by atoms with Crippen LogP contribution in [-0.2, 0) is 25.6 Å². The molecule has 0 aliphatic carbocycles. The number of aliphatic hydroxyl groups excluding tert-OH is 2. The van der Waals surface area contributed by atoms with Gasteiger partial charge < -0.3 is 78.3 Å². The highest BCUT2D eigenvalue weighted by molar-refractivity contribution is 9.10. The molecule has 0 unspecified atom stereocenters. The van der Waals surface area contributed by atoms with E-state index >= 15 is 0 Å². The van der Waals surface area contributed by atoms with Crippen molar-refractivity contribution in [2.45, 2.75) is 84.6 Å². The van der Waals surface area contributed by atoms with Gasteiger partial charge in [0.2, 0.25) is 0 Å². The molecule has 4 aliphatic rings. The first-order valence-electron chi connectivity index (χ1n) is 35.6. The van der Waals surface area contributed by atoms with E-state index in [4.69, 9.17) is 73.2 Å². The first kappa shape index (κ1) is 83.0. The molecule has 9 aromatic carbocycles. The second kappa shape index (κ2) is 39.3. The Bertz CT molecular complexity index is 4780. The number of carboxylic acids is 2. The molecule has 7 N–H and O–H groups in total. The van der Waals surface area contributed by atoms with E-state index in [1.54, 1.807) is 38.5 Å². The van der Waals surface area contributed by atoms with Gasteiger partial charge in [0.05, 0.1) is 56.9 Å². The van der Waals surface area contributed by atoms with Crippen LogP contribution in [0, 0.1) is 20.8 Å². The van der Waals surface area contributed by atoms with E-state index in [9.17, 15) is 24.3 Å². The van der Waals surface area contributed by atoms with E-state index in [0.29, 0.717) is 68.0 Å². The Hall–Kier alpha value is -11.1. The third kappa shape index (κ3) is 21.7. The van der Waals surface area contributed by atoms with Crippen LogP contribution in [0.1, 0.15) is 98.5 Å². The molecule has 4 heterocycles. The number of carboxylic acid groups (broad SMARTS) is 2. The number of benzene rings is 9. The standard InChI is InChI=1S/C28H29NO6.C25H22O4.C24H28O4.C8H7BrO2.C3H7NO3/c1-18-20(4-3-5-23(18)21-10-11-25-27(15-21)35-13-12-34-25)8-6-19-7-9-22(26(14-19)33-2)16-29-24(17-30)28(31)32;1-17-19(8-6-18-7-9-21(16-26)24(14-18)27-2)4-3-5-22(17)20-10-11-23-25(15-20)29-13-12-28-23;1-16-17(10-12-22-27-23(2,3)24(4,5)28-22)7-6-8-19(16)18-9-11-20-21(15-18)26-14-13-25-20;1-11-8-4-7(9)3-2-6(8)5-10;4-2(1-5)3(6)7/h3-11,14-15,24,29-30H,12-13,16-17H2,1-2H3,(H,31,32);3-11,14-16H,12-13H2,1-2H3;6-12,15,22H,13-14H2,1-5H3;2-5H,1H3;2,5H,1,4H2,(H,6,7)/b2*8-6+;12-10+;;/t24-;;;;2-/m0...0/s1. The summed E-state index contributed by atoms with van der Waals surface area (Å²) in [5, 5.41) is 37.0. The van der Waals surface area contributed by atoms with Crippen molar-refractivity contribution in [1.82, 2.24) is 5.32 Å². The molecule has 576 valence electrons. The Labute approximate surface area is 649 Å². The predicted octanol–water partition coefficient (Wildman–Crippen LogP) is 15.6. The molecule has 0 radical (unpaired) electrons. The van der Waals surface area contributed by atoms with Crippen LogP contribution in [0.4, 0.5) is 0 Å². The number of aldehydes is 2. The van der Waals surface area contributed by atoms with Gasteiger partial charge in [0, 0.05) is 16.6 Å². The summed E-state index contributed by atoms with van der Waals surface area (Å²) in [5.41, 5.74) is 21.6. The number of aliphatic carboxylic acids is 2. The zero-order valence-corrected chi connectivity index (χ0v) is 64.8. The lowest BCUT2D eigenvalue weighted by Crippen LogP contribution is -2.41. The maximum Gasteiger partial charge on any atom is 0.323 e. The summed E-state index contributed by atoms with van der Waals surface area (Å²) in [6.45, 7) is 17.4. The molecule has 22 heteroatoms. The molecule has 9 aromatic rings. The number of carbonyl (C=O) groups is 4. The smallest absolute Gasteiger partial charge is 0.323 e. The van der Waals surface area contributed by atoms with E-state index in [0.717, 1.165) is 118 Å². The molecular weight excluding hydrogens is 1470 g/mol. The minimum Gasteiger partial charge on any atom is -0.496 e. The number of nitrogens with two attached hydrogens (primary N) is 1. The molecular formula is C88H93BrN2O19. The Balaban J connectivity index is 0.000000171. The summed E-state index contributed by atoms with van der Waals surface area (Å²) in [5.74, 6) is 4.27. The zero-order valence-electron chi connectivity index (χ0n) is 63.2. The van der Waals surface area contributed by atoms with Crippen molar-refractivity contribution in [3.63, 3.8) is 0 Å². The van der Waals surface area contributed by atoms with Crippen LogP contribution in [0.15, 0.2) is 174 Å². The predicted molar refractivity (Wildman–Crippen MR) is 429 cm³/mol. The van der Waals surface area contributed by atoms with Crippen LogP contribution in [0.25, 0.3) is 63.8 Å². The Morgan fingerprint density at radius 1 is 0.482 bits per heavy atom. The maximum absolute atomic E-state index is 11.1. The van der Waals surface area contributed by atoms with Gasteiger partial charge in [0.15, 0.2) is 53.4 Å². The number of halogens is 1. The minimum atomic E-state index is -1.18. The lowest BCUT2D eigenvalue weighted by atomic mass is 9.90. The van der Waals surface area contributed by atoms with Crippen LogP contribution in [0.3, 0.4) is 0 Å². The van der Waals surface area contributed by atoms with Gasteiger partial charge in [0.25, 0.3) is 0 Å². The Morgan fingerprint density at radius 3 is 1.25 bits per heavy atom. The number of aliphatic hydroxyl groups is 2. The summed E-state index contributed by atoms with van der Waals surface area (Å²) in [6.07, 6.45) is 13.5. The molecule has 0 saturated carbocycles. The fourth-order valence-corrected chi connectivity index (χ4v) is 12.2. The van der Waals surface area contributed by atoms with Crippen LogP contribution in [0.2, 0.25) is 0 Å². The minimum absolute atomic E-state index is 0.265. The van der Waals surface area contributed by atoms with Gasteiger partial charge in [-0.3, -0.25) is 24.5 Å². The molecule has 0 amide bonds.